The van der Waals surface area contributed by atoms with Crippen molar-refractivity contribution in [1.82, 2.24) is 10.2 Å². The number of rotatable bonds is 11. The van der Waals surface area contributed by atoms with Gasteiger partial charge < -0.3 is 10.2 Å². The molecule has 0 radical (unpaired) electrons. The van der Waals surface area contributed by atoms with Gasteiger partial charge in [0.05, 0.1) is 10.7 Å². The number of nitro benzene ring substituents is 1. The lowest BCUT2D eigenvalue weighted by atomic mass is 9.95. The van der Waals surface area contributed by atoms with E-state index < -0.39 is 11.0 Å². The summed E-state index contributed by atoms with van der Waals surface area (Å²) in [5, 5.41) is 14.1. The molecule has 7 nitrogen and oxygen atoms in total. The van der Waals surface area contributed by atoms with E-state index in [0.29, 0.717) is 18.7 Å². The predicted molar refractivity (Wildman–Crippen MR) is 140 cm³/mol. The van der Waals surface area contributed by atoms with Crippen molar-refractivity contribution in [2.24, 2.45) is 0 Å². The maximum absolute atomic E-state index is 13.4. The van der Waals surface area contributed by atoms with Crippen molar-refractivity contribution in [2.45, 2.75) is 76.8 Å². The Morgan fingerprint density at radius 1 is 1.11 bits per heavy atom. The van der Waals surface area contributed by atoms with Crippen molar-refractivity contribution in [3.63, 3.8) is 0 Å². The van der Waals surface area contributed by atoms with E-state index in [9.17, 15) is 19.7 Å². The van der Waals surface area contributed by atoms with Gasteiger partial charge in [0, 0.05) is 30.5 Å². The molecule has 3 rings (SSSR count). The highest BCUT2D eigenvalue weighted by Crippen LogP contribution is 2.22. The Kier molecular flexibility index (Phi) is 10.1. The molecule has 0 saturated heterocycles. The summed E-state index contributed by atoms with van der Waals surface area (Å²) in [6, 6.07) is 14.0. The van der Waals surface area contributed by atoms with Gasteiger partial charge in [-0.1, -0.05) is 62.6 Å². The fourth-order valence-corrected chi connectivity index (χ4v) is 5.36. The molecule has 1 fully saturated rings. The average Bonchev–Trinajstić information content (AvgIpc) is 2.86. The molecule has 2 aromatic rings. The van der Waals surface area contributed by atoms with Crippen LogP contribution < -0.4 is 5.32 Å². The lowest BCUT2D eigenvalue weighted by Crippen LogP contribution is -2.52. The quantitative estimate of drug-likeness (QED) is 0.332. The molecule has 0 aliphatic heterocycles. The molecule has 0 aromatic heterocycles. The van der Waals surface area contributed by atoms with Crippen molar-refractivity contribution in [3.05, 3.63) is 75.3 Å². The summed E-state index contributed by atoms with van der Waals surface area (Å²) in [6.07, 6.45) is 6.02. The third-order valence-corrected chi connectivity index (χ3v) is 7.57. The number of carbonyl (C=O) groups is 2. The number of non-ortho nitro benzene ring substituents is 1. The van der Waals surface area contributed by atoms with Gasteiger partial charge in [0.2, 0.25) is 11.8 Å². The zero-order valence-corrected chi connectivity index (χ0v) is 21.4. The number of benzene rings is 2. The molecule has 0 spiro atoms. The molecule has 188 valence electrons. The first kappa shape index (κ1) is 26.7. The predicted octanol–water partition coefficient (Wildman–Crippen LogP) is 5.39. The Morgan fingerprint density at radius 3 is 2.43 bits per heavy atom. The van der Waals surface area contributed by atoms with Gasteiger partial charge in [-0.2, -0.15) is 0 Å². The van der Waals surface area contributed by atoms with Crippen LogP contribution in [0.4, 0.5) is 5.69 Å². The molecule has 2 aromatic carbocycles. The van der Waals surface area contributed by atoms with E-state index in [4.69, 9.17) is 0 Å². The van der Waals surface area contributed by atoms with Crippen molar-refractivity contribution in [2.75, 3.05) is 5.75 Å². The van der Waals surface area contributed by atoms with Crippen LogP contribution in [0.15, 0.2) is 48.5 Å². The summed E-state index contributed by atoms with van der Waals surface area (Å²) in [5.74, 6) is 0.649. The van der Waals surface area contributed by atoms with E-state index >= 15 is 0 Å². The Hall–Kier alpha value is -2.87. The third-order valence-electron chi connectivity index (χ3n) is 6.58. The lowest BCUT2D eigenvalue weighted by Gasteiger charge is -2.33. The highest BCUT2D eigenvalue weighted by molar-refractivity contribution is 7.99. The highest BCUT2D eigenvalue weighted by Gasteiger charge is 2.30. The number of nitrogens with one attached hydrogen (secondary N) is 1. The zero-order chi connectivity index (χ0) is 25.2. The van der Waals surface area contributed by atoms with E-state index in [2.05, 4.69) is 5.32 Å². The second-order valence-electron chi connectivity index (χ2n) is 9.13. The summed E-state index contributed by atoms with van der Waals surface area (Å²) in [7, 11) is 0. The maximum atomic E-state index is 13.4. The normalized spacial score (nSPS) is 14.8. The highest BCUT2D eigenvalue weighted by atomic mass is 32.2. The smallest absolute Gasteiger partial charge is 0.269 e. The molecule has 1 N–H and O–H groups in total. The molecule has 1 aliphatic carbocycles. The third kappa shape index (κ3) is 7.82. The summed E-state index contributed by atoms with van der Waals surface area (Å²) < 4.78 is 0. The van der Waals surface area contributed by atoms with E-state index in [1.165, 1.54) is 30.3 Å². The number of nitrogens with zero attached hydrogens (tertiary/aromatic N) is 2. The fraction of sp³-hybridized carbons (Fsp3) is 0.481. The van der Waals surface area contributed by atoms with Gasteiger partial charge in [-0.25, -0.2) is 0 Å². The van der Waals surface area contributed by atoms with Crippen LogP contribution >= 0.6 is 11.8 Å². The Labute approximate surface area is 211 Å². The largest absolute Gasteiger partial charge is 0.352 e. The minimum Gasteiger partial charge on any atom is -0.352 e. The van der Waals surface area contributed by atoms with Gasteiger partial charge in [-0.15, -0.1) is 11.8 Å². The van der Waals surface area contributed by atoms with Crippen LogP contribution in [0.2, 0.25) is 0 Å². The van der Waals surface area contributed by atoms with Gasteiger partial charge >= 0.3 is 0 Å². The lowest BCUT2D eigenvalue weighted by molar-refractivity contribution is -0.384. The van der Waals surface area contributed by atoms with Crippen LogP contribution in [0.5, 0.6) is 0 Å². The minimum atomic E-state index is -0.524. The van der Waals surface area contributed by atoms with Crippen LogP contribution in [0, 0.1) is 17.0 Å². The van der Waals surface area contributed by atoms with Gasteiger partial charge in [-0.3, -0.25) is 19.7 Å². The number of hydrogen-bond donors (Lipinski definition) is 1. The molecule has 1 unspecified atom stereocenters. The molecular formula is C27H35N3O4S. The second-order valence-corrected chi connectivity index (χ2v) is 10.1. The monoisotopic (exact) mass is 497 g/mol. The Balaban J connectivity index is 1.69. The van der Waals surface area contributed by atoms with E-state index in [1.807, 2.05) is 38.1 Å². The Bertz CT molecular complexity index is 1010. The summed E-state index contributed by atoms with van der Waals surface area (Å²) in [5.41, 5.74) is 3.09. The van der Waals surface area contributed by atoms with Crippen LogP contribution in [0.1, 0.15) is 62.1 Å². The topological polar surface area (TPSA) is 92.6 Å². The van der Waals surface area contributed by atoms with E-state index in [1.54, 1.807) is 17.0 Å². The number of nitro groups is 1. The fourth-order valence-electron chi connectivity index (χ4n) is 4.49. The van der Waals surface area contributed by atoms with Crippen molar-refractivity contribution in [1.29, 1.82) is 0 Å². The second kappa shape index (κ2) is 13.3. The molecule has 1 aliphatic rings. The van der Waals surface area contributed by atoms with Gasteiger partial charge in [-0.05, 0) is 42.9 Å². The van der Waals surface area contributed by atoms with Gasteiger partial charge in [0.1, 0.15) is 6.04 Å². The Morgan fingerprint density at radius 2 is 1.80 bits per heavy atom. The molecule has 8 heteroatoms. The number of aryl methyl sites for hydroxylation is 1. The van der Waals surface area contributed by atoms with Crippen LogP contribution in [-0.4, -0.2) is 39.5 Å². The average molecular weight is 498 g/mol. The molecule has 35 heavy (non-hydrogen) atoms. The van der Waals surface area contributed by atoms with Crippen molar-refractivity contribution in [3.8, 4) is 0 Å². The molecule has 2 amide bonds. The van der Waals surface area contributed by atoms with E-state index in [0.717, 1.165) is 42.4 Å². The standard InChI is InChI=1S/C27H35N3O4S/c1-3-25(27(32)28-23-11-5-4-6-12-23)29(17-22-10-8-7-9-20(22)2)26(31)19-35-18-21-13-15-24(16-14-21)30(33)34/h7-10,13-16,23,25H,3-6,11-12,17-19H2,1-2H3,(H,28,32). The first-order valence-electron chi connectivity index (χ1n) is 12.3. The maximum Gasteiger partial charge on any atom is 0.269 e. The zero-order valence-electron chi connectivity index (χ0n) is 20.6. The first-order valence-corrected chi connectivity index (χ1v) is 13.5. The minimum absolute atomic E-state index is 0.0500. The molecule has 0 heterocycles. The summed E-state index contributed by atoms with van der Waals surface area (Å²) in [6.45, 7) is 4.36. The number of thioether (sulfide) groups is 1. The van der Waals surface area contributed by atoms with Crippen LogP contribution in [0.3, 0.4) is 0 Å². The summed E-state index contributed by atoms with van der Waals surface area (Å²) in [4.78, 5) is 38.9. The molecule has 1 atom stereocenters. The molecule has 1 saturated carbocycles. The van der Waals surface area contributed by atoms with E-state index in [-0.39, 0.29) is 29.3 Å². The number of amides is 2. The van der Waals surface area contributed by atoms with Crippen molar-refractivity contribution < 1.29 is 14.5 Å². The van der Waals surface area contributed by atoms with Crippen molar-refractivity contribution >= 4 is 29.3 Å². The first-order chi connectivity index (χ1) is 16.9. The molecular weight excluding hydrogens is 462 g/mol. The SMILES string of the molecule is CCC(C(=O)NC1CCCCC1)N(Cc1ccccc1C)C(=O)CSCc1ccc([N+](=O)[O-])cc1. The number of carbonyl (C=O) groups excluding carboxylic acids is 2. The van der Waals surface area contributed by atoms with Crippen LogP contribution in [-0.2, 0) is 21.9 Å². The summed E-state index contributed by atoms with van der Waals surface area (Å²) >= 11 is 1.45. The van der Waals surface area contributed by atoms with Gasteiger partial charge in [0.25, 0.3) is 5.69 Å². The van der Waals surface area contributed by atoms with Gasteiger partial charge in [0.15, 0.2) is 0 Å². The molecule has 0 bridgehead atoms. The van der Waals surface area contributed by atoms with Crippen LogP contribution in [0.25, 0.3) is 0 Å². The number of hydrogen-bond acceptors (Lipinski definition) is 5.